The van der Waals surface area contributed by atoms with Crippen molar-refractivity contribution in [2.75, 3.05) is 13.2 Å². The summed E-state index contributed by atoms with van der Waals surface area (Å²) in [5.74, 6) is -1.27. The van der Waals surface area contributed by atoms with Crippen LogP contribution in [-0.2, 0) is 41.0 Å². The van der Waals surface area contributed by atoms with Crippen molar-refractivity contribution < 1.29 is 28.9 Å². The van der Waals surface area contributed by atoms with Crippen LogP contribution in [-0.4, -0.2) is 49.9 Å². The van der Waals surface area contributed by atoms with E-state index in [2.05, 4.69) is 11.1 Å². The Morgan fingerprint density at radius 3 is 2.62 bits per heavy atom. The largest absolute Gasteiger partial charge is 0.392 e. The quantitative estimate of drug-likeness (QED) is 0.270. The zero-order valence-corrected chi connectivity index (χ0v) is 25.6. The highest BCUT2D eigenvalue weighted by Crippen LogP contribution is 2.50. The normalized spacial score (nSPS) is 20.7. The number of carbonyl (C=O) groups excluding carboxylic acids is 1. The molecular formula is C34H32ClFN4O5. The number of ether oxygens (including phenoxy) is 2. The molecule has 3 aromatic carbocycles. The van der Waals surface area contributed by atoms with E-state index in [4.69, 9.17) is 21.1 Å². The number of carbonyl (C=O) groups is 1. The van der Waals surface area contributed by atoms with Gasteiger partial charge < -0.3 is 24.3 Å². The fraction of sp³-hybridized carbons (Fsp3) is 0.324. The van der Waals surface area contributed by atoms with Crippen molar-refractivity contribution in [3.05, 3.63) is 123 Å². The van der Waals surface area contributed by atoms with Crippen LogP contribution in [0.25, 0.3) is 0 Å². The van der Waals surface area contributed by atoms with Gasteiger partial charge in [-0.25, -0.2) is 9.37 Å². The molecule has 4 aromatic rings. The number of nitrogens with zero attached hydrogens (tertiary/aromatic N) is 4. The maximum atomic E-state index is 16.9. The van der Waals surface area contributed by atoms with Crippen LogP contribution in [0.4, 0.5) is 4.39 Å². The summed E-state index contributed by atoms with van der Waals surface area (Å²) in [6.45, 7) is 1.99. The highest BCUT2D eigenvalue weighted by molar-refractivity contribution is 6.30. The van der Waals surface area contributed by atoms with Gasteiger partial charge in [-0.3, -0.25) is 9.69 Å². The van der Waals surface area contributed by atoms with Crippen LogP contribution in [0.5, 0.6) is 0 Å². The topological polar surface area (TPSA) is 121 Å². The highest BCUT2D eigenvalue weighted by atomic mass is 35.5. The Bertz CT molecular complexity index is 1800. The van der Waals surface area contributed by atoms with Crippen LogP contribution in [0, 0.1) is 17.1 Å². The Hall–Kier alpha value is -4.11. The van der Waals surface area contributed by atoms with Gasteiger partial charge in [-0.05, 0) is 65.9 Å². The number of nitriles is 1. The second-order valence-electron chi connectivity index (χ2n) is 11.4. The molecule has 1 fully saturated rings. The maximum Gasteiger partial charge on any atom is 0.257 e. The summed E-state index contributed by atoms with van der Waals surface area (Å²) >= 11 is 6.27. The van der Waals surface area contributed by atoms with Gasteiger partial charge in [-0.15, -0.1) is 0 Å². The number of fused-ring (bicyclic) bond motifs is 1. The number of aliphatic hydroxyl groups is 2. The van der Waals surface area contributed by atoms with Crippen LogP contribution in [0.3, 0.4) is 0 Å². The van der Waals surface area contributed by atoms with E-state index in [0.717, 1.165) is 0 Å². The van der Waals surface area contributed by atoms with E-state index in [0.29, 0.717) is 46.0 Å². The lowest BCUT2D eigenvalue weighted by Crippen LogP contribution is -2.49. The molecule has 0 spiro atoms. The summed E-state index contributed by atoms with van der Waals surface area (Å²) in [7, 11) is 1.77. The number of hydrogen-bond acceptors (Lipinski definition) is 7. The number of imidazole rings is 1. The van der Waals surface area contributed by atoms with E-state index < -0.39 is 29.2 Å². The first-order valence-electron chi connectivity index (χ1n) is 14.7. The molecule has 0 unspecified atom stereocenters. The van der Waals surface area contributed by atoms with Crippen LogP contribution >= 0.6 is 11.6 Å². The summed E-state index contributed by atoms with van der Waals surface area (Å²) in [6.07, 6.45) is 3.43. The molecule has 11 heteroatoms. The minimum absolute atomic E-state index is 0.00383. The number of rotatable bonds is 9. The zero-order chi connectivity index (χ0) is 31.9. The van der Waals surface area contributed by atoms with Crippen LogP contribution in [0.1, 0.15) is 69.2 Å². The van der Waals surface area contributed by atoms with Gasteiger partial charge in [0.25, 0.3) is 5.91 Å². The number of benzene rings is 3. The monoisotopic (exact) mass is 630 g/mol. The fourth-order valence-corrected chi connectivity index (χ4v) is 6.43. The van der Waals surface area contributed by atoms with Gasteiger partial charge in [0.1, 0.15) is 11.4 Å². The van der Waals surface area contributed by atoms with Crippen molar-refractivity contribution >= 4 is 17.5 Å². The van der Waals surface area contributed by atoms with Gasteiger partial charge >= 0.3 is 0 Å². The first-order chi connectivity index (χ1) is 21.6. The molecule has 9 nitrogen and oxygen atoms in total. The SMILES string of the molecule is CC[C@](O)(c1cc(F)c2c(c1)C(=O)N(Cc1ccc(C#N)cc1CO)[C@@]2(O[C@H]1CCOC1)c1ccc(Cl)cc1)c1cn(C)cn1. The molecule has 1 saturated heterocycles. The van der Waals surface area contributed by atoms with Crippen molar-refractivity contribution in [3.8, 4) is 6.07 Å². The molecule has 0 bridgehead atoms. The van der Waals surface area contributed by atoms with E-state index in [9.17, 15) is 20.3 Å². The molecule has 2 N–H and O–H groups in total. The minimum Gasteiger partial charge on any atom is -0.392 e. The van der Waals surface area contributed by atoms with Crippen molar-refractivity contribution in [2.24, 2.45) is 7.05 Å². The smallest absolute Gasteiger partial charge is 0.257 e. The minimum atomic E-state index is -1.76. The van der Waals surface area contributed by atoms with Crippen LogP contribution in [0.2, 0.25) is 5.02 Å². The van der Waals surface area contributed by atoms with E-state index in [1.54, 1.807) is 73.5 Å². The van der Waals surface area contributed by atoms with E-state index in [1.807, 2.05) is 0 Å². The van der Waals surface area contributed by atoms with Gasteiger partial charge in [-0.1, -0.05) is 36.7 Å². The van der Waals surface area contributed by atoms with Gasteiger partial charge in [0.2, 0.25) is 5.72 Å². The molecule has 0 saturated carbocycles. The number of aromatic nitrogens is 2. The molecule has 3 atom stereocenters. The predicted octanol–water partition coefficient (Wildman–Crippen LogP) is 4.89. The third kappa shape index (κ3) is 5.21. The lowest BCUT2D eigenvalue weighted by atomic mass is 9.84. The Morgan fingerprint density at radius 2 is 2.00 bits per heavy atom. The average molecular weight is 631 g/mol. The van der Waals surface area contributed by atoms with Gasteiger partial charge in [0, 0.05) is 37.0 Å². The van der Waals surface area contributed by atoms with Crippen molar-refractivity contribution in [3.63, 3.8) is 0 Å². The Morgan fingerprint density at radius 1 is 1.22 bits per heavy atom. The Labute approximate surface area is 265 Å². The van der Waals surface area contributed by atoms with Gasteiger partial charge in [0.15, 0.2) is 0 Å². The number of amides is 1. The lowest BCUT2D eigenvalue weighted by Gasteiger charge is -2.41. The fourth-order valence-electron chi connectivity index (χ4n) is 6.31. The lowest BCUT2D eigenvalue weighted by molar-refractivity contribution is -0.148. The zero-order valence-electron chi connectivity index (χ0n) is 24.8. The average Bonchev–Trinajstić information content (AvgIpc) is 3.78. The third-order valence-corrected chi connectivity index (χ3v) is 8.95. The number of hydrogen-bond donors (Lipinski definition) is 2. The van der Waals surface area contributed by atoms with Crippen molar-refractivity contribution in [2.45, 2.75) is 50.3 Å². The third-order valence-electron chi connectivity index (χ3n) is 8.70. The first-order valence-corrected chi connectivity index (χ1v) is 15.0. The summed E-state index contributed by atoms with van der Waals surface area (Å²) < 4.78 is 31.0. The van der Waals surface area contributed by atoms with Crippen LogP contribution in [0.15, 0.2) is 67.1 Å². The van der Waals surface area contributed by atoms with Gasteiger partial charge in [0.05, 0.1) is 54.1 Å². The van der Waals surface area contributed by atoms with Crippen molar-refractivity contribution in [1.29, 1.82) is 5.26 Å². The predicted molar refractivity (Wildman–Crippen MR) is 162 cm³/mol. The van der Waals surface area contributed by atoms with Crippen molar-refractivity contribution in [1.82, 2.24) is 14.5 Å². The second kappa shape index (κ2) is 12.0. The number of halogens is 2. The summed E-state index contributed by atoms with van der Waals surface area (Å²) in [5, 5.41) is 31.9. The van der Waals surface area contributed by atoms with Crippen LogP contribution < -0.4 is 0 Å². The number of aliphatic hydroxyl groups excluding tert-OH is 1. The molecule has 1 amide bonds. The molecule has 1 aromatic heterocycles. The first kappa shape index (κ1) is 30.9. The molecule has 0 radical (unpaired) electrons. The molecular weight excluding hydrogens is 599 g/mol. The Kier molecular flexibility index (Phi) is 8.24. The summed E-state index contributed by atoms with van der Waals surface area (Å²) in [6, 6.07) is 16.4. The molecule has 0 aliphatic carbocycles. The molecule has 2 aliphatic rings. The van der Waals surface area contributed by atoms with Gasteiger partial charge in [-0.2, -0.15) is 5.26 Å². The molecule has 3 heterocycles. The number of aryl methyl sites for hydroxylation is 1. The summed E-state index contributed by atoms with van der Waals surface area (Å²) in [5.41, 5.74) is -1.08. The highest BCUT2D eigenvalue weighted by Gasteiger charge is 2.56. The maximum absolute atomic E-state index is 16.9. The second-order valence-corrected chi connectivity index (χ2v) is 11.9. The van der Waals surface area contributed by atoms with E-state index in [-0.39, 0.29) is 42.9 Å². The molecule has 6 rings (SSSR count). The van der Waals surface area contributed by atoms with E-state index >= 15 is 4.39 Å². The molecule has 232 valence electrons. The molecule has 2 aliphatic heterocycles. The standard InChI is InChI=1S/C34H32ClFN4O5/c1-3-33(43,30-17-39(2)20-38-30)25-13-28-31(29(36)14-25)34(45-27-10-11-44-19-27,24-6-8-26(35)9-7-24)40(32(28)42)16-22-5-4-21(15-37)12-23(22)18-41/h4-9,12-14,17,20,27,41,43H,3,10-11,16,18-19H2,1-2H3/t27-,33-,34+/m0/s1. The Balaban J connectivity index is 1.60. The van der Waals surface area contributed by atoms with E-state index in [1.165, 1.54) is 17.0 Å². The summed E-state index contributed by atoms with van der Waals surface area (Å²) in [4.78, 5) is 20.4. The molecule has 45 heavy (non-hydrogen) atoms.